The lowest BCUT2D eigenvalue weighted by molar-refractivity contribution is -0.126. The van der Waals surface area contributed by atoms with E-state index in [0.717, 1.165) is 37.5 Å². The number of hydrogen-bond donors (Lipinski definition) is 1. The SMILES string of the molecule is COC1CCCC1NC(=O)C1CC2CC2C1. The summed E-state index contributed by atoms with van der Waals surface area (Å²) in [6.45, 7) is 0. The van der Waals surface area contributed by atoms with E-state index in [0.29, 0.717) is 11.8 Å². The number of methoxy groups -OCH3 is 1. The Morgan fingerprint density at radius 1 is 1.19 bits per heavy atom. The van der Waals surface area contributed by atoms with Gasteiger partial charge in [-0.1, -0.05) is 0 Å². The second kappa shape index (κ2) is 4.02. The lowest BCUT2D eigenvalue weighted by atomic mass is 10.0. The van der Waals surface area contributed by atoms with Crippen molar-refractivity contribution in [3.05, 3.63) is 0 Å². The average molecular weight is 223 g/mol. The van der Waals surface area contributed by atoms with Crippen molar-refractivity contribution in [3.8, 4) is 0 Å². The number of nitrogens with one attached hydrogen (secondary N) is 1. The van der Waals surface area contributed by atoms with E-state index in [-0.39, 0.29) is 12.1 Å². The first kappa shape index (κ1) is 10.6. The van der Waals surface area contributed by atoms with Gasteiger partial charge in [0.1, 0.15) is 0 Å². The highest BCUT2D eigenvalue weighted by Gasteiger charge is 2.48. The van der Waals surface area contributed by atoms with Gasteiger partial charge >= 0.3 is 0 Å². The van der Waals surface area contributed by atoms with Crippen LogP contribution in [0.3, 0.4) is 0 Å². The molecule has 0 aromatic rings. The molecule has 3 fully saturated rings. The van der Waals surface area contributed by atoms with Crippen LogP contribution >= 0.6 is 0 Å². The lowest BCUT2D eigenvalue weighted by Crippen LogP contribution is -2.43. The van der Waals surface area contributed by atoms with Gasteiger partial charge < -0.3 is 10.1 Å². The van der Waals surface area contributed by atoms with Crippen molar-refractivity contribution >= 4 is 5.91 Å². The summed E-state index contributed by atoms with van der Waals surface area (Å²) < 4.78 is 5.40. The minimum absolute atomic E-state index is 0.250. The molecule has 3 nitrogen and oxygen atoms in total. The second-order valence-corrected chi connectivity index (χ2v) is 5.74. The topological polar surface area (TPSA) is 38.3 Å². The predicted molar refractivity (Wildman–Crippen MR) is 60.9 cm³/mol. The van der Waals surface area contributed by atoms with Crippen molar-refractivity contribution in [3.63, 3.8) is 0 Å². The smallest absolute Gasteiger partial charge is 0.223 e. The maximum atomic E-state index is 12.1. The zero-order valence-electron chi connectivity index (χ0n) is 9.95. The van der Waals surface area contributed by atoms with Gasteiger partial charge in [-0.2, -0.15) is 0 Å². The molecule has 4 unspecified atom stereocenters. The fourth-order valence-corrected chi connectivity index (χ4v) is 3.60. The molecular weight excluding hydrogens is 202 g/mol. The van der Waals surface area contributed by atoms with Gasteiger partial charge in [0.2, 0.25) is 5.91 Å². The third kappa shape index (κ3) is 1.86. The molecule has 1 N–H and O–H groups in total. The number of hydrogen-bond acceptors (Lipinski definition) is 2. The number of amides is 1. The molecular formula is C13H21NO2. The van der Waals surface area contributed by atoms with Crippen molar-refractivity contribution in [1.82, 2.24) is 5.32 Å². The highest BCUT2D eigenvalue weighted by molar-refractivity contribution is 5.79. The van der Waals surface area contributed by atoms with Crippen molar-refractivity contribution < 1.29 is 9.53 Å². The molecule has 3 rings (SSSR count). The Labute approximate surface area is 96.9 Å². The summed E-state index contributed by atoms with van der Waals surface area (Å²) in [4.78, 5) is 12.1. The monoisotopic (exact) mass is 223 g/mol. The highest BCUT2D eigenvalue weighted by Crippen LogP contribution is 2.54. The van der Waals surface area contributed by atoms with Gasteiger partial charge in [0.15, 0.2) is 0 Å². The van der Waals surface area contributed by atoms with Crippen LogP contribution in [0.5, 0.6) is 0 Å². The van der Waals surface area contributed by atoms with Crippen LogP contribution in [0.1, 0.15) is 38.5 Å². The van der Waals surface area contributed by atoms with Gasteiger partial charge in [-0.3, -0.25) is 4.79 Å². The molecule has 1 amide bonds. The molecule has 90 valence electrons. The van der Waals surface area contributed by atoms with Gasteiger partial charge in [0.25, 0.3) is 0 Å². The number of ether oxygens (including phenoxy) is 1. The Morgan fingerprint density at radius 2 is 1.94 bits per heavy atom. The van der Waals surface area contributed by atoms with E-state index in [1.807, 2.05) is 0 Å². The molecule has 0 spiro atoms. The summed E-state index contributed by atoms with van der Waals surface area (Å²) in [5, 5.41) is 3.20. The quantitative estimate of drug-likeness (QED) is 0.791. The average Bonchev–Trinajstić information content (AvgIpc) is 2.75. The Kier molecular flexibility index (Phi) is 2.66. The molecule has 3 heteroatoms. The van der Waals surface area contributed by atoms with E-state index in [2.05, 4.69) is 5.32 Å². The summed E-state index contributed by atoms with van der Waals surface area (Å²) in [6.07, 6.45) is 7.27. The van der Waals surface area contributed by atoms with Crippen LogP contribution in [0.4, 0.5) is 0 Å². The first-order chi connectivity index (χ1) is 7.78. The molecule has 0 bridgehead atoms. The molecule has 0 aliphatic heterocycles. The van der Waals surface area contributed by atoms with E-state index in [4.69, 9.17) is 4.74 Å². The minimum atomic E-state index is 0.250. The largest absolute Gasteiger partial charge is 0.379 e. The molecule has 3 aliphatic carbocycles. The van der Waals surface area contributed by atoms with Crippen LogP contribution < -0.4 is 5.32 Å². The molecule has 0 aromatic heterocycles. The van der Waals surface area contributed by atoms with Gasteiger partial charge in [-0.15, -0.1) is 0 Å². The fourth-order valence-electron chi connectivity index (χ4n) is 3.60. The van der Waals surface area contributed by atoms with Gasteiger partial charge in [0, 0.05) is 13.0 Å². The van der Waals surface area contributed by atoms with E-state index < -0.39 is 0 Å². The predicted octanol–water partition coefficient (Wildman–Crippen LogP) is 1.72. The van der Waals surface area contributed by atoms with Crippen molar-refractivity contribution in [1.29, 1.82) is 0 Å². The Bertz CT molecular complexity index is 282. The molecule has 0 heterocycles. The van der Waals surface area contributed by atoms with Crippen molar-refractivity contribution in [2.24, 2.45) is 17.8 Å². The van der Waals surface area contributed by atoms with Crippen LogP contribution in [-0.4, -0.2) is 25.2 Å². The van der Waals surface area contributed by atoms with Gasteiger partial charge in [0.05, 0.1) is 12.1 Å². The number of carbonyl (C=O) groups excluding carboxylic acids is 1. The van der Waals surface area contributed by atoms with Crippen molar-refractivity contribution in [2.45, 2.75) is 50.7 Å². The third-order valence-electron chi connectivity index (χ3n) is 4.70. The van der Waals surface area contributed by atoms with Crippen LogP contribution in [0, 0.1) is 17.8 Å². The summed E-state index contributed by atoms with van der Waals surface area (Å²) >= 11 is 0. The molecule has 3 saturated carbocycles. The Hall–Kier alpha value is -0.570. The lowest BCUT2D eigenvalue weighted by Gasteiger charge is -2.22. The summed E-state index contributed by atoms with van der Waals surface area (Å²) in [5.41, 5.74) is 0. The third-order valence-corrected chi connectivity index (χ3v) is 4.70. The van der Waals surface area contributed by atoms with E-state index in [1.54, 1.807) is 7.11 Å². The normalized spacial score (nSPS) is 45.4. The van der Waals surface area contributed by atoms with Crippen LogP contribution in [0.25, 0.3) is 0 Å². The summed E-state index contributed by atoms with van der Waals surface area (Å²) in [7, 11) is 1.75. The molecule has 0 radical (unpaired) electrons. The molecule has 4 atom stereocenters. The second-order valence-electron chi connectivity index (χ2n) is 5.74. The first-order valence-electron chi connectivity index (χ1n) is 6.61. The molecule has 0 aromatic carbocycles. The first-order valence-corrected chi connectivity index (χ1v) is 6.61. The molecule has 0 saturated heterocycles. The van der Waals surface area contributed by atoms with E-state index in [9.17, 15) is 4.79 Å². The highest BCUT2D eigenvalue weighted by atomic mass is 16.5. The minimum Gasteiger partial charge on any atom is -0.379 e. The maximum Gasteiger partial charge on any atom is 0.223 e. The number of carbonyl (C=O) groups is 1. The Morgan fingerprint density at radius 3 is 2.62 bits per heavy atom. The zero-order chi connectivity index (χ0) is 11.1. The van der Waals surface area contributed by atoms with Crippen LogP contribution in [0.15, 0.2) is 0 Å². The zero-order valence-corrected chi connectivity index (χ0v) is 9.95. The van der Waals surface area contributed by atoms with Crippen LogP contribution in [-0.2, 0) is 9.53 Å². The van der Waals surface area contributed by atoms with Crippen molar-refractivity contribution in [2.75, 3.05) is 7.11 Å². The Balaban J connectivity index is 1.52. The van der Waals surface area contributed by atoms with Crippen LogP contribution in [0.2, 0.25) is 0 Å². The molecule has 16 heavy (non-hydrogen) atoms. The number of rotatable bonds is 3. The fraction of sp³-hybridized carbons (Fsp3) is 0.923. The van der Waals surface area contributed by atoms with E-state index >= 15 is 0 Å². The number of fused-ring (bicyclic) bond motifs is 1. The summed E-state index contributed by atoms with van der Waals surface area (Å²) in [6, 6.07) is 0.273. The van der Waals surface area contributed by atoms with Gasteiger partial charge in [-0.25, -0.2) is 0 Å². The maximum absolute atomic E-state index is 12.1. The molecule has 3 aliphatic rings. The summed E-state index contributed by atoms with van der Waals surface area (Å²) in [5.74, 6) is 2.37. The van der Waals surface area contributed by atoms with E-state index in [1.165, 1.54) is 12.8 Å². The van der Waals surface area contributed by atoms with Gasteiger partial charge in [-0.05, 0) is 50.4 Å². The standard InChI is InChI=1S/C13H21NO2/c1-16-12-4-2-3-11(12)14-13(15)10-6-8-5-9(8)7-10/h8-12H,2-7H2,1H3,(H,14,15).